The van der Waals surface area contributed by atoms with Crippen molar-refractivity contribution in [3.05, 3.63) is 16.3 Å². The van der Waals surface area contributed by atoms with E-state index in [1.54, 1.807) is 0 Å². The van der Waals surface area contributed by atoms with Gasteiger partial charge in [0.1, 0.15) is 6.20 Å². The van der Waals surface area contributed by atoms with Gasteiger partial charge >= 0.3 is 5.69 Å². The Hall–Kier alpha value is -1.96. The molecule has 8 nitrogen and oxygen atoms in total. The summed E-state index contributed by atoms with van der Waals surface area (Å²) in [7, 11) is 0. The van der Waals surface area contributed by atoms with E-state index >= 15 is 0 Å². The van der Waals surface area contributed by atoms with Crippen LogP contribution in [-0.4, -0.2) is 27.0 Å². The SMILES string of the molecule is CC1(C)CCCN1c1nc(NN)ncc1[N+](=O)[O-]. The van der Waals surface area contributed by atoms with Crippen molar-refractivity contribution in [3.8, 4) is 0 Å². The minimum Gasteiger partial charge on any atom is -0.346 e. The summed E-state index contributed by atoms with van der Waals surface area (Å²) in [6, 6.07) is 0. The van der Waals surface area contributed by atoms with Crippen LogP contribution in [0.1, 0.15) is 26.7 Å². The highest BCUT2D eigenvalue weighted by atomic mass is 16.6. The molecule has 3 N–H and O–H groups in total. The summed E-state index contributed by atoms with van der Waals surface area (Å²) < 4.78 is 0. The van der Waals surface area contributed by atoms with Gasteiger partial charge in [-0.05, 0) is 26.7 Å². The van der Waals surface area contributed by atoms with Gasteiger partial charge in [-0.25, -0.2) is 10.8 Å². The molecule has 2 heterocycles. The first-order valence-electron chi connectivity index (χ1n) is 5.71. The number of nitrogens with two attached hydrogens (primary N) is 1. The summed E-state index contributed by atoms with van der Waals surface area (Å²) in [5.41, 5.74) is 2.07. The summed E-state index contributed by atoms with van der Waals surface area (Å²) in [4.78, 5) is 20.4. The zero-order chi connectivity index (χ0) is 13.3. The molecule has 0 aliphatic carbocycles. The molecule has 0 saturated carbocycles. The van der Waals surface area contributed by atoms with Crippen molar-refractivity contribution in [2.45, 2.75) is 32.2 Å². The van der Waals surface area contributed by atoms with E-state index in [1.807, 2.05) is 18.7 Å². The average molecular weight is 252 g/mol. The van der Waals surface area contributed by atoms with Gasteiger partial charge in [0.15, 0.2) is 0 Å². The standard InChI is InChI=1S/C10H16N6O2/c1-10(2)4-3-5-15(10)8-7(16(17)18)6-12-9(13-8)14-11/h6H,3-5,11H2,1-2H3,(H,12,13,14). The number of anilines is 2. The Kier molecular flexibility index (Phi) is 3.04. The number of nitrogen functional groups attached to an aromatic ring is 1. The van der Waals surface area contributed by atoms with Gasteiger partial charge < -0.3 is 4.90 Å². The largest absolute Gasteiger partial charge is 0.346 e. The van der Waals surface area contributed by atoms with Gasteiger partial charge in [0.05, 0.1) is 4.92 Å². The second kappa shape index (κ2) is 4.37. The number of hydrogen-bond donors (Lipinski definition) is 2. The van der Waals surface area contributed by atoms with E-state index in [0.717, 1.165) is 19.4 Å². The van der Waals surface area contributed by atoms with E-state index in [0.29, 0.717) is 5.82 Å². The number of hydrazine groups is 1. The third kappa shape index (κ3) is 2.06. The number of hydrogen-bond acceptors (Lipinski definition) is 7. The summed E-state index contributed by atoms with van der Waals surface area (Å²) >= 11 is 0. The van der Waals surface area contributed by atoms with E-state index in [2.05, 4.69) is 15.4 Å². The lowest BCUT2D eigenvalue weighted by Gasteiger charge is -2.32. The molecule has 8 heteroatoms. The van der Waals surface area contributed by atoms with Gasteiger partial charge in [0.25, 0.3) is 0 Å². The third-order valence-electron chi connectivity index (χ3n) is 3.23. The Morgan fingerprint density at radius 3 is 2.83 bits per heavy atom. The lowest BCUT2D eigenvalue weighted by molar-refractivity contribution is -0.384. The fraction of sp³-hybridized carbons (Fsp3) is 0.600. The van der Waals surface area contributed by atoms with E-state index in [4.69, 9.17) is 5.84 Å². The second-order valence-corrected chi connectivity index (χ2v) is 4.87. The Labute approximate surface area is 104 Å². The van der Waals surface area contributed by atoms with Gasteiger partial charge in [0.2, 0.25) is 11.8 Å². The van der Waals surface area contributed by atoms with E-state index in [1.165, 1.54) is 6.20 Å². The molecule has 1 saturated heterocycles. The van der Waals surface area contributed by atoms with Crippen molar-refractivity contribution in [1.82, 2.24) is 9.97 Å². The zero-order valence-electron chi connectivity index (χ0n) is 10.4. The quantitative estimate of drug-likeness (QED) is 0.470. The monoisotopic (exact) mass is 252 g/mol. The Morgan fingerprint density at radius 2 is 2.33 bits per heavy atom. The highest BCUT2D eigenvalue weighted by molar-refractivity contribution is 5.60. The molecule has 1 aromatic rings. The van der Waals surface area contributed by atoms with Crippen molar-refractivity contribution in [1.29, 1.82) is 0 Å². The van der Waals surface area contributed by atoms with Crippen molar-refractivity contribution >= 4 is 17.5 Å². The van der Waals surface area contributed by atoms with Crippen LogP contribution in [0.15, 0.2) is 6.20 Å². The summed E-state index contributed by atoms with van der Waals surface area (Å²) in [5, 5.41) is 11.0. The van der Waals surface area contributed by atoms with E-state index in [-0.39, 0.29) is 17.2 Å². The Bertz CT molecular complexity index is 475. The fourth-order valence-electron chi connectivity index (χ4n) is 2.26. The van der Waals surface area contributed by atoms with Crippen LogP contribution in [0.5, 0.6) is 0 Å². The van der Waals surface area contributed by atoms with Crippen LogP contribution < -0.4 is 16.2 Å². The van der Waals surface area contributed by atoms with Crippen LogP contribution in [0.4, 0.5) is 17.5 Å². The molecular weight excluding hydrogens is 236 g/mol. The molecule has 0 atom stereocenters. The van der Waals surface area contributed by atoms with Crippen LogP contribution in [0.25, 0.3) is 0 Å². The molecule has 0 amide bonds. The first-order valence-corrected chi connectivity index (χ1v) is 5.71. The number of aromatic nitrogens is 2. The topological polar surface area (TPSA) is 110 Å². The summed E-state index contributed by atoms with van der Waals surface area (Å²) in [6.07, 6.45) is 3.14. The van der Waals surface area contributed by atoms with E-state index < -0.39 is 4.92 Å². The molecule has 0 unspecified atom stereocenters. The molecular formula is C10H16N6O2. The molecule has 0 aromatic carbocycles. The van der Waals surface area contributed by atoms with Crippen LogP contribution in [-0.2, 0) is 0 Å². The zero-order valence-corrected chi connectivity index (χ0v) is 10.4. The first kappa shape index (κ1) is 12.5. The lowest BCUT2D eigenvalue weighted by atomic mass is 10.0. The number of nitro groups is 1. The predicted octanol–water partition coefficient (Wildman–Crippen LogP) is 1.05. The maximum atomic E-state index is 11.0. The van der Waals surface area contributed by atoms with Gasteiger partial charge in [-0.3, -0.25) is 15.5 Å². The van der Waals surface area contributed by atoms with Crippen LogP contribution in [0.3, 0.4) is 0 Å². The number of rotatable bonds is 3. The number of nitrogens with zero attached hydrogens (tertiary/aromatic N) is 4. The maximum Gasteiger partial charge on any atom is 0.329 e. The minimum absolute atomic E-state index is 0.0935. The Balaban J connectivity index is 2.50. The molecule has 2 rings (SSSR count). The molecule has 0 bridgehead atoms. The van der Waals surface area contributed by atoms with Crippen molar-refractivity contribution in [2.75, 3.05) is 16.9 Å². The molecule has 0 spiro atoms. The van der Waals surface area contributed by atoms with Crippen LogP contribution in [0.2, 0.25) is 0 Å². The molecule has 1 fully saturated rings. The molecule has 1 aliphatic rings. The molecule has 1 aliphatic heterocycles. The molecule has 18 heavy (non-hydrogen) atoms. The normalized spacial score (nSPS) is 17.8. The van der Waals surface area contributed by atoms with Gasteiger partial charge in [-0.1, -0.05) is 0 Å². The summed E-state index contributed by atoms with van der Waals surface area (Å²) in [5.74, 6) is 5.75. The van der Waals surface area contributed by atoms with Crippen molar-refractivity contribution in [2.24, 2.45) is 5.84 Å². The third-order valence-corrected chi connectivity index (χ3v) is 3.23. The predicted molar refractivity (Wildman–Crippen MR) is 67.2 cm³/mol. The first-order chi connectivity index (χ1) is 8.45. The maximum absolute atomic E-state index is 11.0. The summed E-state index contributed by atoms with van der Waals surface area (Å²) in [6.45, 7) is 4.83. The minimum atomic E-state index is -0.468. The van der Waals surface area contributed by atoms with Crippen molar-refractivity contribution in [3.63, 3.8) is 0 Å². The Morgan fingerprint density at radius 1 is 1.61 bits per heavy atom. The van der Waals surface area contributed by atoms with E-state index in [9.17, 15) is 10.1 Å². The second-order valence-electron chi connectivity index (χ2n) is 4.87. The van der Waals surface area contributed by atoms with Crippen molar-refractivity contribution < 1.29 is 4.92 Å². The average Bonchev–Trinajstić information content (AvgIpc) is 2.67. The molecule has 1 aromatic heterocycles. The van der Waals surface area contributed by atoms with Gasteiger partial charge in [-0.2, -0.15) is 4.98 Å². The fourth-order valence-corrected chi connectivity index (χ4v) is 2.26. The highest BCUT2D eigenvalue weighted by Crippen LogP contribution is 2.37. The lowest BCUT2D eigenvalue weighted by Crippen LogP contribution is -2.39. The number of nitrogens with one attached hydrogen (secondary N) is 1. The van der Waals surface area contributed by atoms with Gasteiger partial charge in [-0.15, -0.1) is 0 Å². The highest BCUT2D eigenvalue weighted by Gasteiger charge is 2.37. The molecule has 0 radical (unpaired) electrons. The smallest absolute Gasteiger partial charge is 0.329 e. The van der Waals surface area contributed by atoms with Crippen LogP contribution >= 0.6 is 0 Å². The molecule has 98 valence electrons. The van der Waals surface area contributed by atoms with Gasteiger partial charge in [0, 0.05) is 12.1 Å². The van der Waals surface area contributed by atoms with Crippen LogP contribution in [0, 0.1) is 10.1 Å².